The van der Waals surface area contributed by atoms with Crippen LogP contribution in [-0.4, -0.2) is 15.0 Å². The Hall–Kier alpha value is -0.540. The smallest absolute Gasteiger partial charge is 0.144 e. The molecule has 1 fully saturated rings. The molecule has 1 aliphatic rings. The standard InChI is InChI=1S/C17H29NOS/c1-7-11-17(13-10-14(2)3)12-8-9-15(17)18-20(19)16(4,5)6/h7,10H,1,8-9,11-13H2,2-6H3/b18-15+/t17-,20?/m1/s1. The molecular weight excluding hydrogens is 266 g/mol. The minimum Gasteiger partial charge on any atom is -0.591 e. The van der Waals surface area contributed by atoms with E-state index in [2.05, 4.69) is 30.9 Å². The molecule has 0 aliphatic heterocycles. The van der Waals surface area contributed by atoms with E-state index in [-0.39, 0.29) is 10.2 Å². The largest absolute Gasteiger partial charge is 0.591 e. The van der Waals surface area contributed by atoms with E-state index in [0.29, 0.717) is 0 Å². The molecule has 114 valence electrons. The predicted octanol–water partition coefficient (Wildman–Crippen LogP) is 4.99. The third-order valence-electron chi connectivity index (χ3n) is 3.83. The van der Waals surface area contributed by atoms with Crippen molar-refractivity contribution in [2.24, 2.45) is 9.81 Å². The van der Waals surface area contributed by atoms with Crippen molar-refractivity contribution in [3.05, 3.63) is 24.3 Å². The molecule has 0 saturated heterocycles. The molecule has 0 amide bonds. The van der Waals surface area contributed by atoms with Gasteiger partial charge in [0.1, 0.15) is 16.1 Å². The van der Waals surface area contributed by atoms with Gasteiger partial charge in [0, 0.05) is 5.41 Å². The van der Waals surface area contributed by atoms with Crippen molar-refractivity contribution in [3.63, 3.8) is 0 Å². The van der Waals surface area contributed by atoms with Crippen molar-refractivity contribution in [2.75, 3.05) is 0 Å². The minimum atomic E-state index is -1.16. The average molecular weight is 295 g/mol. The van der Waals surface area contributed by atoms with Crippen LogP contribution in [0.2, 0.25) is 0 Å². The molecule has 1 rings (SSSR count). The third-order valence-corrected chi connectivity index (χ3v) is 5.27. The highest BCUT2D eigenvalue weighted by Gasteiger charge is 2.40. The average Bonchev–Trinajstić information content (AvgIpc) is 2.69. The van der Waals surface area contributed by atoms with Gasteiger partial charge in [0.2, 0.25) is 0 Å². The predicted molar refractivity (Wildman–Crippen MR) is 90.5 cm³/mol. The van der Waals surface area contributed by atoms with Crippen LogP contribution in [0.25, 0.3) is 0 Å². The fourth-order valence-corrected chi connectivity index (χ4v) is 3.34. The lowest BCUT2D eigenvalue weighted by Crippen LogP contribution is -2.31. The summed E-state index contributed by atoms with van der Waals surface area (Å²) in [6, 6.07) is 0. The van der Waals surface area contributed by atoms with Gasteiger partial charge in [-0.15, -0.1) is 6.58 Å². The minimum absolute atomic E-state index is 0.0555. The first-order chi connectivity index (χ1) is 9.21. The van der Waals surface area contributed by atoms with Crippen LogP contribution in [-0.2, 0) is 11.4 Å². The highest BCUT2D eigenvalue weighted by atomic mass is 32.2. The zero-order chi connectivity index (χ0) is 15.4. The van der Waals surface area contributed by atoms with Gasteiger partial charge in [0.25, 0.3) is 0 Å². The van der Waals surface area contributed by atoms with Crippen molar-refractivity contribution < 1.29 is 4.55 Å². The normalized spacial score (nSPS) is 26.6. The molecule has 0 spiro atoms. The Labute approximate surface area is 127 Å². The van der Waals surface area contributed by atoms with Crippen molar-refractivity contribution >= 4 is 17.1 Å². The first kappa shape index (κ1) is 17.5. The van der Waals surface area contributed by atoms with Crippen LogP contribution in [0, 0.1) is 5.41 Å². The maximum Gasteiger partial charge on any atom is 0.144 e. The van der Waals surface area contributed by atoms with Crippen molar-refractivity contribution in [3.8, 4) is 0 Å². The summed E-state index contributed by atoms with van der Waals surface area (Å²) in [4.78, 5) is 0. The zero-order valence-electron chi connectivity index (χ0n) is 13.7. The van der Waals surface area contributed by atoms with Gasteiger partial charge in [0.15, 0.2) is 0 Å². The summed E-state index contributed by atoms with van der Waals surface area (Å²) in [5.74, 6) is 0. The maximum absolute atomic E-state index is 12.3. The fourth-order valence-electron chi connectivity index (χ4n) is 2.58. The molecule has 20 heavy (non-hydrogen) atoms. The van der Waals surface area contributed by atoms with Crippen LogP contribution in [0.5, 0.6) is 0 Å². The summed E-state index contributed by atoms with van der Waals surface area (Å²) in [5, 5.41) is 0. The second-order valence-electron chi connectivity index (χ2n) is 7.01. The Bertz CT molecular complexity index is 402. The quantitative estimate of drug-likeness (QED) is 0.519. The van der Waals surface area contributed by atoms with E-state index in [1.807, 2.05) is 26.8 Å². The molecule has 0 heterocycles. The van der Waals surface area contributed by atoms with Gasteiger partial charge in [-0.3, -0.25) is 0 Å². The van der Waals surface area contributed by atoms with Gasteiger partial charge in [0.05, 0.1) is 5.71 Å². The van der Waals surface area contributed by atoms with Crippen LogP contribution in [0.3, 0.4) is 0 Å². The van der Waals surface area contributed by atoms with Gasteiger partial charge in [-0.25, -0.2) is 0 Å². The first-order valence-electron chi connectivity index (χ1n) is 7.45. The Morgan fingerprint density at radius 2 is 2.05 bits per heavy atom. The Balaban J connectivity index is 3.05. The van der Waals surface area contributed by atoms with Crippen LogP contribution >= 0.6 is 0 Å². The lowest BCUT2D eigenvalue weighted by molar-refractivity contribution is 0.422. The molecule has 0 radical (unpaired) electrons. The number of allylic oxidation sites excluding steroid dienone is 3. The van der Waals surface area contributed by atoms with Crippen LogP contribution in [0.4, 0.5) is 0 Å². The fraction of sp³-hybridized carbons (Fsp3) is 0.706. The van der Waals surface area contributed by atoms with Crippen LogP contribution in [0.15, 0.2) is 28.7 Å². The molecule has 0 aromatic rings. The topological polar surface area (TPSA) is 35.4 Å². The van der Waals surface area contributed by atoms with Gasteiger partial charge in [-0.05, 0) is 66.7 Å². The van der Waals surface area contributed by atoms with Gasteiger partial charge in [-0.1, -0.05) is 22.1 Å². The molecule has 3 heteroatoms. The van der Waals surface area contributed by atoms with E-state index in [0.717, 1.165) is 37.8 Å². The SMILES string of the molecule is C=CC[C@]1(CC=C(C)C)CCC/C1=N\[S+]([O-])C(C)(C)C. The van der Waals surface area contributed by atoms with Crippen molar-refractivity contribution in [2.45, 2.75) is 71.5 Å². The number of rotatable bonds is 5. The molecule has 2 atom stereocenters. The zero-order valence-corrected chi connectivity index (χ0v) is 14.5. The molecular formula is C17H29NOS. The van der Waals surface area contributed by atoms with E-state index in [1.165, 1.54) is 5.57 Å². The first-order valence-corrected chi connectivity index (χ1v) is 8.56. The van der Waals surface area contributed by atoms with E-state index in [4.69, 9.17) is 0 Å². The van der Waals surface area contributed by atoms with Gasteiger partial charge < -0.3 is 4.55 Å². The Morgan fingerprint density at radius 3 is 2.55 bits per heavy atom. The number of hydrogen-bond acceptors (Lipinski definition) is 2. The second-order valence-corrected chi connectivity index (χ2v) is 8.92. The molecule has 0 aromatic heterocycles. The molecule has 0 N–H and O–H groups in total. The van der Waals surface area contributed by atoms with E-state index < -0.39 is 11.4 Å². The Morgan fingerprint density at radius 1 is 1.40 bits per heavy atom. The van der Waals surface area contributed by atoms with E-state index >= 15 is 0 Å². The number of hydrogen-bond donors (Lipinski definition) is 0. The van der Waals surface area contributed by atoms with E-state index in [1.54, 1.807) is 0 Å². The number of nitrogens with zero attached hydrogens (tertiary/aromatic N) is 1. The lowest BCUT2D eigenvalue weighted by Gasteiger charge is -2.28. The molecule has 0 bridgehead atoms. The summed E-state index contributed by atoms with van der Waals surface area (Å²) >= 11 is -1.16. The highest BCUT2D eigenvalue weighted by Crippen LogP contribution is 2.43. The van der Waals surface area contributed by atoms with Crippen molar-refractivity contribution in [1.29, 1.82) is 0 Å². The molecule has 2 nitrogen and oxygen atoms in total. The van der Waals surface area contributed by atoms with Gasteiger partial charge in [-0.2, -0.15) is 0 Å². The van der Waals surface area contributed by atoms with Crippen LogP contribution in [0.1, 0.15) is 66.7 Å². The summed E-state index contributed by atoms with van der Waals surface area (Å²) < 4.78 is 16.7. The molecule has 1 saturated carbocycles. The summed E-state index contributed by atoms with van der Waals surface area (Å²) in [7, 11) is 0. The monoisotopic (exact) mass is 295 g/mol. The third kappa shape index (κ3) is 4.49. The molecule has 1 unspecified atom stereocenters. The van der Waals surface area contributed by atoms with E-state index in [9.17, 15) is 4.55 Å². The van der Waals surface area contributed by atoms with Crippen LogP contribution < -0.4 is 0 Å². The van der Waals surface area contributed by atoms with Gasteiger partial charge >= 0.3 is 0 Å². The second kappa shape index (κ2) is 6.95. The highest BCUT2D eigenvalue weighted by molar-refractivity contribution is 7.91. The lowest BCUT2D eigenvalue weighted by atomic mass is 9.78. The molecule has 1 aliphatic carbocycles. The molecule has 0 aromatic carbocycles. The summed E-state index contributed by atoms with van der Waals surface area (Å²) in [6.45, 7) is 14.1. The summed E-state index contributed by atoms with van der Waals surface area (Å²) in [6.07, 6.45) is 9.43. The Kier molecular flexibility index (Phi) is 6.08. The van der Waals surface area contributed by atoms with Crippen molar-refractivity contribution in [1.82, 2.24) is 0 Å². The summed E-state index contributed by atoms with van der Waals surface area (Å²) in [5.41, 5.74) is 2.53. The maximum atomic E-state index is 12.3.